The Morgan fingerprint density at radius 2 is 2.31 bits per heavy atom. The van der Waals surface area contributed by atoms with Crippen LogP contribution in [0, 0.1) is 0 Å². The molecule has 1 aromatic carbocycles. The van der Waals surface area contributed by atoms with Crippen molar-refractivity contribution in [2.75, 3.05) is 7.05 Å². The molecule has 0 saturated carbocycles. The third kappa shape index (κ3) is 2.14. The third-order valence-electron chi connectivity index (χ3n) is 2.80. The number of imidazole rings is 1. The number of hydrogen-bond donors (Lipinski definition) is 1. The standard InChI is InChI=1S/C13H17N3/c1-3-6-11(14-2)9-16-10-15-12-7-4-5-8-13(12)16/h3-5,7-8,10-11,14H,1,6,9H2,2H3. The largest absolute Gasteiger partial charge is 0.329 e. The van der Waals surface area contributed by atoms with Crippen LogP contribution in [0.15, 0.2) is 43.2 Å². The highest BCUT2D eigenvalue weighted by molar-refractivity contribution is 5.74. The molecule has 1 atom stereocenters. The first-order valence-corrected chi connectivity index (χ1v) is 5.53. The first-order chi connectivity index (χ1) is 7.85. The summed E-state index contributed by atoms with van der Waals surface area (Å²) in [4.78, 5) is 4.38. The first-order valence-electron chi connectivity index (χ1n) is 5.53. The molecule has 0 saturated heterocycles. The summed E-state index contributed by atoms with van der Waals surface area (Å²) in [7, 11) is 1.98. The number of likely N-dealkylation sites (N-methyl/N-ethyl adjacent to an activating group) is 1. The summed E-state index contributed by atoms with van der Waals surface area (Å²) in [6.07, 6.45) is 4.81. The molecule has 2 rings (SSSR count). The van der Waals surface area contributed by atoms with Gasteiger partial charge >= 0.3 is 0 Å². The summed E-state index contributed by atoms with van der Waals surface area (Å²) in [5.41, 5.74) is 2.24. The summed E-state index contributed by atoms with van der Waals surface area (Å²) in [6, 6.07) is 8.60. The van der Waals surface area contributed by atoms with Crippen LogP contribution in [0.4, 0.5) is 0 Å². The van der Waals surface area contributed by atoms with Gasteiger partial charge in [0.05, 0.1) is 17.4 Å². The number of aromatic nitrogens is 2. The molecular formula is C13H17N3. The number of nitrogens with zero attached hydrogens (tertiary/aromatic N) is 2. The molecule has 0 fully saturated rings. The molecule has 16 heavy (non-hydrogen) atoms. The van der Waals surface area contributed by atoms with Crippen molar-refractivity contribution in [2.45, 2.75) is 19.0 Å². The van der Waals surface area contributed by atoms with E-state index in [1.807, 2.05) is 37.7 Å². The van der Waals surface area contributed by atoms with Gasteiger partial charge in [-0.3, -0.25) is 0 Å². The van der Waals surface area contributed by atoms with Crippen LogP contribution in [0.2, 0.25) is 0 Å². The molecule has 0 radical (unpaired) electrons. The van der Waals surface area contributed by atoms with Crippen molar-refractivity contribution in [1.82, 2.24) is 14.9 Å². The molecule has 1 N–H and O–H groups in total. The highest BCUT2D eigenvalue weighted by Gasteiger charge is 2.07. The van der Waals surface area contributed by atoms with Crippen molar-refractivity contribution in [3.05, 3.63) is 43.2 Å². The van der Waals surface area contributed by atoms with Gasteiger partial charge in [-0.1, -0.05) is 18.2 Å². The molecule has 0 aliphatic rings. The van der Waals surface area contributed by atoms with E-state index in [2.05, 4.69) is 27.5 Å². The summed E-state index contributed by atoms with van der Waals surface area (Å²) >= 11 is 0. The zero-order valence-corrected chi connectivity index (χ0v) is 9.56. The van der Waals surface area contributed by atoms with Gasteiger partial charge in [-0.25, -0.2) is 4.98 Å². The van der Waals surface area contributed by atoms with Crippen molar-refractivity contribution in [1.29, 1.82) is 0 Å². The van der Waals surface area contributed by atoms with Gasteiger partial charge in [0.25, 0.3) is 0 Å². The van der Waals surface area contributed by atoms with Gasteiger partial charge in [-0.2, -0.15) is 0 Å². The summed E-state index contributed by atoms with van der Waals surface area (Å²) in [5.74, 6) is 0. The molecule has 0 bridgehead atoms. The fourth-order valence-corrected chi connectivity index (χ4v) is 1.88. The summed E-state index contributed by atoms with van der Waals surface area (Å²) in [6.45, 7) is 4.69. The van der Waals surface area contributed by atoms with E-state index in [0.29, 0.717) is 6.04 Å². The van der Waals surface area contributed by atoms with Gasteiger partial charge < -0.3 is 9.88 Å². The van der Waals surface area contributed by atoms with E-state index in [0.717, 1.165) is 18.5 Å². The number of rotatable bonds is 5. The van der Waals surface area contributed by atoms with E-state index >= 15 is 0 Å². The minimum atomic E-state index is 0.412. The number of nitrogens with one attached hydrogen (secondary N) is 1. The Kier molecular flexibility index (Phi) is 3.37. The zero-order chi connectivity index (χ0) is 11.4. The second-order valence-electron chi connectivity index (χ2n) is 3.90. The first kappa shape index (κ1) is 10.9. The number of fused-ring (bicyclic) bond motifs is 1. The van der Waals surface area contributed by atoms with Crippen LogP contribution in [0.1, 0.15) is 6.42 Å². The fourth-order valence-electron chi connectivity index (χ4n) is 1.88. The quantitative estimate of drug-likeness (QED) is 0.775. The van der Waals surface area contributed by atoms with Gasteiger partial charge in [0, 0.05) is 12.6 Å². The van der Waals surface area contributed by atoms with Gasteiger partial charge in [-0.15, -0.1) is 6.58 Å². The fraction of sp³-hybridized carbons (Fsp3) is 0.308. The molecule has 3 nitrogen and oxygen atoms in total. The van der Waals surface area contributed by atoms with Crippen LogP contribution in [0.25, 0.3) is 11.0 Å². The average molecular weight is 215 g/mol. The van der Waals surface area contributed by atoms with Gasteiger partial charge in [0.1, 0.15) is 0 Å². The third-order valence-corrected chi connectivity index (χ3v) is 2.80. The Morgan fingerprint density at radius 3 is 3.06 bits per heavy atom. The second-order valence-corrected chi connectivity index (χ2v) is 3.90. The molecule has 0 aliphatic carbocycles. The van der Waals surface area contributed by atoms with Crippen LogP contribution in [0.3, 0.4) is 0 Å². The SMILES string of the molecule is C=CCC(Cn1cnc2ccccc21)NC. The molecule has 2 aromatic rings. The van der Waals surface area contributed by atoms with Crippen LogP contribution < -0.4 is 5.32 Å². The minimum Gasteiger partial charge on any atom is -0.329 e. The predicted molar refractivity (Wildman–Crippen MR) is 67.4 cm³/mol. The summed E-state index contributed by atoms with van der Waals surface area (Å²) in [5, 5.41) is 3.29. The predicted octanol–water partition coefficient (Wildman–Crippen LogP) is 2.20. The lowest BCUT2D eigenvalue weighted by atomic mass is 10.2. The molecule has 84 valence electrons. The maximum absolute atomic E-state index is 4.38. The Labute approximate surface area is 95.8 Å². The molecule has 3 heteroatoms. The average Bonchev–Trinajstić information content (AvgIpc) is 2.72. The molecule has 1 unspecified atom stereocenters. The lowest BCUT2D eigenvalue weighted by Gasteiger charge is -2.15. The molecular weight excluding hydrogens is 198 g/mol. The smallest absolute Gasteiger partial charge is 0.0958 e. The Balaban J connectivity index is 2.23. The van der Waals surface area contributed by atoms with Crippen molar-refractivity contribution < 1.29 is 0 Å². The second kappa shape index (κ2) is 4.94. The maximum atomic E-state index is 4.38. The molecule has 0 aliphatic heterocycles. The van der Waals surface area contributed by atoms with E-state index in [-0.39, 0.29) is 0 Å². The topological polar surface area (TPSA) is 29.9 Å². The Morgan fingerprint density at radius 1 is 1.50 bits per heavy atom. The Bertz CT molecular complexity index is 473. The molecule has 0 spiro atoms. The van der Waals surface area contributed by atoms with Crippen LogP contribution >= 0.6 is 0 Å². The lowest BCUT2D eigenvalue weighted by molar-refractivity contribution is 0.492. The van der Waals surface area contributed by atoms with Crippen molar-refractivity contribution in [3.8, 4) is 0 Å². The van der Waals surface area contributed by atoms with Crippen molar-refractivity contribution in [2.24, 2.45) is 0 Å². The van der Waals surface area contributed by atoms with E-state index in [1.54, 1.807) is 0 Å². The Hall–Kier alpha value is -1.61. The highest BCUT2D eigenvalue weighted by atomic mass is 15.1. The van der Waals surface area contributed by atoms with E-state index in [9.17, 15) is 0 Å². The van der Waals surface area contributed by atoms with Crippen LogP contribution in [0.5, 0.6) is 0 Å². The normalized spacial score (nSPS) is 12.8. The van der Waals surface area contributed by atoms with Gasteiger partial charge in [0.2, 0.25) is 0 Å². The maximum Gasteiger partial charge on any atom is 0.0958 e. The van der Waals surface area contributed by atoms with E-state index < -0.39 is 0 Å². The van der Waals surface area contributed by atoms with Gasteiger partial charge in [-0.05, 0) is 25.6 Å². The lowest BCUT2D eigenvalue weighted by Crippen LogP contribution is -2.29. The van der Waals surface area contributed by atoms with Gasteiger partial charge in [0.15, 0.2) is 0 Å². The number of benzene rings is 1. The van der Waals surface area contributed by atoms with E-state index in [4.69, 9.17) is 0 Å². The number of hydrogen-bond acceptors (Lipinski definition) is 2. The minimum absolute atomic E-state index is 0.412. The van der Waals surface area contributed by atoms with Crippen LogP contribution in [-0.2, 0) is 6.54 Å². The van der Waals surface area contributed by atoms with Crippen LogP contribution in [-0.4, -0.2) is 22.6 Å². The van der Waals surface area contributed by atoms with E-state index in [1.165, 1.54) is 5.52 Å². The molecule has 0 amide bonds. The zero-order valence-electron chi connectivity index (χ0n) is 9.56. The highest BCUT2D eigenvalue weighted by Crippen LogP contribution is 2.12. The molecule has 1 aromatic heterocycles. The van der Waals surface area contributed by atoms with Crippen molar-refractivity contribution in [3.63, 3.8) is 0 Å². The number of para-hydroxylation sites is 2. The molecule has 1 heterocycles. The monoisotopic (exact) mass is 215 g/mol. The summed E-state index contributed by atoms with van der Waals surface area (Å²) < 4.78 is 2.18. The van der Waals surface area contributed by atoms with Crippen molar-refractivity contribution >= 4 is 11.0 Å².